The Morgan fingerprint density at radius 2 is 1.90 bits per heavy atom. The summed E-state index contributed by atoms with van der Waals surface area (Å²) in [7, 11) is -3.45. The minimum absolute atomic E-state index is 0.170. The van der Waals surface area contributed by atoms with E-state index >= 15 is 0 Å². The van der Waals surface area contributed by atoms with Gasteiger partial charge in [0, 0.05) is 42.6 Å². The Hall–Kier alpha value is -1.03. The predicted octanol–water partition coefficient (Wildman–Crippen LogP) is 1.73. The molecule has 21 heavy (non-hydrogen) atoms. The molecule has 0 atom stereocenters. The van der Waals surface area contributed by atoms with Crippen molar-refractivity contribution in [3.8, 4) is 0 Å². The summed E-state index contributed by atoms with van der Waals surface area (Å²) in [6, 6.07) is 0. The smallest absolute Gasteiger partial charge is 0.261 e. The van der Waals surface area contributed by atoms with Crippen molar-refractivity contribution in [2.24, 2.45) is 0 Å². The van der Waals surface area contributed by atoms with E-state index in [-0.39, 0.29) is 5.03 Å². The van der Waals surface area contributed by atoms with Crippen LogP contribution in [0.3, 0.4) is 0 Å². The summed E-state index contributed by atoms with van der Waals surface area (Å²) in [6.45, 7) is 6.10. The van der Waals surface area contributed by atoms with Crippen LogP contribution in [-0.4, -0.2) is 48.9 Å². The molecule has 6 nitrogen and oxygen atoms in total. The molecule has 0 aliphatic carbocycles. The van der Waals surface area contributed by atoms with E-state index in [1.165, 1.54) is 15.6 Å². The zero-order chi connectivity index (χ0) is 15.0. The first-order valence-corrected chi connectivity index (χ1v) is 9.70. The molecule has 1 saturated heterocycles. The van der Waals surface area contributed by atoms with E-state index in [1.54, 1.807) is 16.7 Å². The lowest BCUT2D eigenvalue weighted by molar-refractivity contribution is 0.383. The molecule has 0 aromatic carbocycles. The Morgan fingerprint density at radius 1 is 1.19 bits per heavy atom. The second kappa shape index (κ2) is 5.64. The van der Waals surface area contributed by atoms with Crippen molar-refractivity contribution >= 4 is 37.8 Å². The summed E-state index contributed by atoms with van der Waals surface area (Å²) in [6.07, 6.45) is 1.85. The standard InChI is InChI=1S/C12H16N4O2S3/c1-9-7-13-12(20-9)15-3-5-16(6-4-15)21(17,18)11-8-19-10(2)14-11/h7-8H,3-6H2,1-2H3. The SMILES string of the molecule is Cc1cnc(N2CCN(S(=O)(=O)c3csc(C)n3)CC2)s1. The zero-order valence-corrected chi connectivity index (χ0v) is 14.3. The normalized spacial score (nSPS) is 17.3. The minimum Gasteiger partial charge on any atom is -0.345 e. The van der Waals surface area contributed by atoms with Crippen LogP contribution in [0.4, 0.5) is 5.13 Å². The van der Waals surface area contributed by atoms with Crippen molar-refractivity contribution in [1.82, 2.24) is 14.3 Å². The fourth-order valence-electron chi connectivity index (χ4n) is 2.20. The Balaban J connectivity index is 1.71. The molecule has 3 heterocycles. The van der Waals surface area contributed by atoms with Crippen LogP contribution in [0.5, 0.6) is 0 Å². The Bertz CT molecular complexity index is 729. The van der Waals surface area contributed by atoms with Crippen LogP contribution >= 0.6 is 22.7 Å². The first-order chi connectivity index (χ1) is 9.96. The highest BCUT2D eigenvalue weighted by Crippen LogP contribution is 2.25. The number of anilines is 1. The highest BCUT2D eigenvalue weighted by Gasteiger charge is 2.30. The van der Waals surface area contributed by atoms with Gasteiger partial charge in [-0.25, -0.2) is 18.4 Å². The zero-order valence-electron chi connectivity index (χ0n) is 11.8. The average molecular weight is 344 g/mol. The van der Waals surface area contributed by atoms with Gasteiger partial charge in [0.25, 0.3) is 10.0 Å². The van der Waals surface area contributed by atoms with Gasteiger partial charge in [-0.2, -0.15) is 4.31 Å². The van der Waals surface area contributed by atoms with Gasteiger partial charge in [-0.05, 0) is 13.8 Å². The summed E-state index contributed by atoms with van der Waals surface area (Å²) in [5, 5.41) is 3.52. The summed E-state index contributed by atoms with van der Waals surface area (Å²) in [5.74, 6) is 0. The van der Waals surface area contributed by atoms with Gasteiger partial charge in [0.2, 0.25) is 0 Å². The second-order valence-electron chi connectivity index (χ2n) is 4.85. The maximum Gasteiger partial charge on any atom is 0.261 e. The fourth-order valence-corrected chi connectivity index (χ4v) is 5.34. The number of nitrogens with zero attached hydrogens (tertiary/aromatic N) is 4. The summed E-state index contributed by atoms with van der Waals surface area (Å²) < 4.78 is 26.5. The fraction of sp³-hybridized carbons (Fsp3) is 0.500. The lowest BCUT2D eigenvalue weighted by Crippen LogP contribution is -2.48. The topological polar surface area (TPSA) is 66.4 Å². The van der Waals surface area contributed by atoms with E-state index < -0.39 is 10.0 Å². The first kappa shape index (κ1) is 14.9. The van der Waals surface area contributed by atoms with Crippen LogP contribution in [0.2, 0.25) is 0 Å². The first-order valence-electron chi connectivity index (χ1n) is 6.56. The molecule has 0 unspecified atom stereocenters. The lowest BCUT2D eigenvalue weighted by Gasteiger charge is -2.33. The number of aryl methyl sites for hydroxylation is 2. The molecule has 0 bridgehead atoms. The number of thiazole rings is 2. The maximum atomic E-state index is 12.5. The van der Waals surface area contributed by atoms with E-state index in [2.05, 4.69) is 14.9 Å². The molecular formula is C12H16N4O2S3. The van der Waals surface area contributed by atoms with E-state index in [0.29, 0.717) is 26.2 Å². The minimum atomic E-state index is -3.45. The van der Waals surface area contributed by atoms with Crippen LogP contribution in [0.1, 0.15) is 9.88 Å². The summed E-state index contributed by atoms with van der Waals surface area (Å²) >= 11 is 3.00. The molecule has 1 aliphatic rings. The number of piperazine rings is 1. The average Bonchev–Trinajstić information content (AvgIpc) is 3.08. The number of sulfonamides is 1. The third kappa shape index (κ3) is 2.96. The molecule has 1 aliphatic heterocycles. The number of hydrogen-bond acceptors (Lipinski definition) is 7. The van der Waals surface area contributed by atoms with Gasteiger partial charge in [0.1, 0.15) is 0 Å². The molecule has 0 saturated carbocycles. The number of aromatic nitrogens is 2. The van der Waals surface area contributed by atoms with Crippen molar-refractivity contribution in [2.75, 3.05) is 31.1 Å². The molecule has 2 aromatic rings. The van der Waals surface area contributed by atoms with Crippen molar-refractivity contribution < 1.29 is 8.42 Å². The molecule has 114 valence electrons. The third-order valence-corrected chi connectivity index (χ3v) is 7.00. The van der Waals surface area contributed by atoms with Crippen LogP contribution in [0.25, 0.3) is 0 Å². The van der Waals surface area contributed by atoms with E-state index in [1.807, 2.05) is 20.0 Å². The summed E-state index contributed by atoms with van der Waals surface area (Å²) in [5.41, 5.74) is 0. The molecule has 0 N–H and O–H groups in total. The predicted molar refractivity (Wildman–Crippen MR) is 84.7 cm³/mol. The van der Waals surface area contributed by atoms with Gasteiger partial charge in [-0.15, -0.1) is 22.7 Å². The van der Waals surface area contributed by atoms with Crippen LogP contribution < -0.4 is 4.90 Å². The third-order valence-electron chi connectivity index (χ3n) is 3.32. The van der Waals surface area contributed by atoms with E-state index in [0.717, 1.165) is 15.0 Å². The molecule has 0 spiro atoms. The Labute approximate surface area is 132 Å². The van der Waals surface area contributed by atoms with Crippen molar-refractivity contribution in [2.45, 2.75) is 18.9 Å². The van der Waals surface area contributed by atoms with Gasteiger partial charge >= 0.3 is 0 Å². The lowest BCUT2D eigenvalue weighted by atomic mass is 10.4. The Morgan fingerprint density at radius 3 is 2.43 bits per heavy atom. The van der Waals surface area contributed by atoms with Gasteiger partial charge in [0.05, 0.1) is 5.01 Å². The van der Waals surface area contributed by atoms with Gasteiger partial charge in [0.15, 0.2) is 10.2 Å². The van der Waals surface area contributed by atoms with Crippen LogP contribution in [-0.2, 0) is 10.0 Å². The molecule has 0 radical (unpaired) electrons. The van der Waals surface area contributed by atoms with Crippen molar-refractivity contribution in [3.63, 3.8) is 0 Å². The Kier molecular flexibility index (Phi) is 4.00. The molecule has 2 aromatic heterocycles. The number of rotatable bonds is 3. The summed E-state index contributed by atoms with van der Waals surface area (Å²) in [4.78, 5) is 11.8. The largest absolute Gasteiger partial charge is 0.345 e. The quantitative estimate of drug-likeness (QED) is 0.848. The highest BCUT2D eigenvalue weighted by atomic mass is 32.2. The second-order valence-corrected chi connectivity index (χ2v) is 9.01. The number of hydrogen-bond donors (Lipinski definition) is 0. The van der Waals surface area contributed by atoms with Crippen LogP contribution in [0, 0.1) is 13.8 Å². The van der Waals surface area contributed by atoms with Gasteiger partial charge < -0.3 is 4.90 Å². The monoisotopic (exact) mass is 344 g/mol. The van der Waals surface area contributed by atoms with Crippen molar-refractivity contribution in [1.29, 1.82) is 0 Å². The molecule has 0 amide bonds. The maximum absolute atomic E-state index is 12.5. The van der Waals surface area contributed by atoms with Gasteiger partial charge in [-0.3, -0.25) is 0 Å². The van der Waals surface area contributed by atoms with Gasteiger partial charge in [-0.1, -0.05) is 0 Å². The van der Waals surface area contributed by atoms with Crippen molar-refractivity contribution in [3.05, 3.63) is 21.5 Å². The highest BCUT2D eigenvalue weighted by molar-refractivity contribution is 7.89. The molecular weight excluding hydrogens is 328 g/mol. The molecule has 9 heteroatoms. The molecule has 3 rings (SSSR count). The van der Waals surface area contributed by atoms with Crippen LogP contribution in [0.15, 0.2) is 16.6 Å². The van der Waals surface area contributed by atoms with E-state index in [4.69, 9.17) is 0 Å². The molecule has 1 fully saturated rings. The van der Waals surface area contributed by atoms with E-state index in [9.17, 15) is 8.42 Å².